The molecule has 32 heavy (non-hydrogen) atoms. The van der Waals surface area contributed by atoms with E-state index in [2.05, 4.69) is 20.0 Å². The van der Waals surface area contributed by atoms with E-state index in [1.165, 1.54) is 0 Å². The van der Waals surface area contributed by atoms with Crippen molar-refractivity contribution in [1.29, 1.82) is 0 Å². The molecule has 12 heteroatoms. The molecule has 0 saturated carbocycles. The average molecular weight is 459 g/mol. The zero-order chi connectivity index (χ0) is 24.1. The van der Waals surface area contributed by atoms with E-state index in [1.807, 2.05) is 34.0 Å². The summed E-state index contributed by atoms with van der Waals surface area (Å²) in [5.74, 6) is -2.79. The second-order valence-corrected chi connectivity index (χ2v) is 8.27. The number of carbonyl (C=O) groups is 2. The molecule has 178 valence electrons. The summed E-state index contributed by atoms with van der Waals surface area (Å²) in [7, 11) is 1.81. The van der Waals surface area contributed by atoms with Crippen LogP contribution in [-0.2, 0) is 21.0 Å². The fourth-order valence-electron chi connectivity index (χ4n) is 3.44. The van der Waals surface area contributed by atoms with Gasteiger partial charge in [0.1, 0.15) is 5.71 Å². The SMILES string of the molecule is Cc1cncc(CN2CCCC3(CC(C(=O)N(C)C(C)C)=NO3)C2)n1.O=C(O)C(F)(F)F. The molecule has 1 saturated heterocycles. The quantitative estimate of drug-likeness (QED) is 0.737. The molecule has 0 bridgehead atoms. The molecule has 1 aromatic rings. The summed E-state index contributed by atoms with van der Waals surface area (Å²) >= 11 is 0. The molecular weight excluding hydrogens is 431 g/mol. The van der Waals surface area contributed by atoms with Crippen molar-refractivity contribution in [3.05, 3.63) is 23.8 Å². The molecule has 1 atom stereocenters. The first kappa shape index (κ1) is 25.5. The molecule has 3 rings (SSSR count). The molecule has 9 nitrogen and oxygen atoms in total. The van der Waals surface area contributed by atoms with Crippen molar-refractivity contribution < 1.29 is 32.7 Å². The number of likely N-dealkylation sites (tertiary alicyclic amines) is 1. The van der Waals surface area contributed by atoms with Crippen molar-refractivity contribution >= 4 is 17.6 Å². The molecule has 2 aliphatic heterocycles. The van der Waals surface area contributed by atoms with Gasteiger partial charge in [0.15, 0.2) is 5.60 Å². The lowest BCUT2D eigenvalue weighted by atomic mass is 9.88. The maximum atomic E-state index is 12.5. The average Bonchev–Trinajstić information content (AvgIpc) is 3.09. The normalized spacial score (nSPS) is 20.9. The zero-order valence-corrected chi connectivity index (χ0v) is 18.5. The van der Waals surface area contributed by atoms with Crippen LogP contribution in [0.3, 0.4) is 0 Å². The fraction of sp³-hybridized carbons (Fsp3) is 0.650. The molecule has 1 spiro atoms. The number of piperidine rings is 1. The number of nitrogens with zero attached hydrogens (tertiary/aromatic N) is 5. The second kappa shape index (κ2) is 10.2. The first-order chi connectivity index (χ1) is 14.8. The van der Waals surface area contributed by atoms with Crippen LogP contribution in [0.2, 0.25) is 0 Å². The smallest absolute Gasteiger partial charge is 0.475 e. The Morgan fingerprint density at radius 3 is 2.56 bits per heavy atom. The number of oxime groups is 1. The van der Waals surface area contributed by atoms with Crippen LogP contribution < -0.4 is 0 Å². The number of hydrogen-bond donors (Lipinski definition) is 1. The number of rotatable bonds is 4. The molecule has 1 fully saturated rings. The molecule has 1 N–H and O–H groups in total. The number of amides is 1. The third-order valence-corrected chi connectivity index (χ3v) is 5.23. The first-order valence-corrected chi connectivity index (χ1v) is 10.2. The van der Waals surface area contributed by atoms with Crippen molar-refractivity contribution in [2.75, 3.05) is 20.1 Å². The van der Waals surface area contributed by atoms with Crippen LogP contribution in [0, 0.1) is 6.92 Å². The minimum atomic E-state index is -5.08. The third kappa shape index (κ3) is 6.87. The summed E-state index contributed by atoms with van der Waals surface area (Å²) in [6.07, 6.45) is 1.02. The predicted octanol–water partition coefficient (Wildman–Crippen LogP) is 2.40. The number of carboxylic acids is 1. The summed E-state index contributed by atoms with van der Waals surface area (Å²) in [5, 5.41) is 11.3. The van der Waals surface area contributed by atoms with E-state index < -0.39 is 12.1 Å². The standard InChI is InChI=1S/C18H27N5O2.C2HF3O2/c1-13(2)22(4)17(24)16-8-18(25-21-16)6-5-7-23(12-18)11-15-10-19-9-14(3)20-15;3-2(4,5)1(6)7/h9-10,13H,5-8,11-12H2,1-4H3;(H,6,7). The van der Waals surface area contributed by atoms with Crippen LogP contribution in [0.5, 0.6) is 0 Å². The van der Waals surface area contributed by atoms with Gasteiger partial charge in [-0.05, 0) is 40.2 Å². The van der Waals surface area contributed by atoms with Gasteiger partial charge in [-0.2, -0.15) is 13.2 Å². The minimum absolute atomic E-state index is 0.0338. The number of aromatic nitrogens is 2. The summed E-state index contributed by atoms with van der Waals surface area (Å²) in [6.45, 7) is 8.44. The lowest BCUT2D eigenvalue weighted by Gasteiger charge is -2.38. The third-order valence-electron chi connectivity index (χ3n) is 5.23. The number of carboxylic acid groups (broad SMARTS) is 1. The van der Waals surface area contributed by atoms with Crippen molar-refractivity contribution in [3.63, 3.8) is 0 Å². The van der Waals surface area contributed by atoms with E-state index in [1.54, 1.807) is 11.1 Å². The van der Waals surface area contributed by atoms with Gasteiger partial charge in [-0.25, -0.2) is 4.79 Å². The highest BCUT2D eigenvalue weighted by Gasteiger charge is 2.45. The van der Waals surface area contributed by atoms with Crippen LogP contribution in [0.4, 0.5) is 13.2 Å². The Morgan fingerprint density at radius 2 is 2.00 bits per heavy atom. The van der Waals surface area contributed by atoms with Gasteiger partial charge in [0.05, 0.1) is 11.4 Å². The maximum Gasteiger partial charge on any atom is 0.490 e. The van der Waals surface area contributed by atoms with Gasteiger partial charge < -0.3 is 14.8 Å². The van der Waals surface area contributed by atoms with Crippen molar-refractivity contribution in [3.8, 4) is 0 Å². The molecule has 1 unspecified atom stereocenters. The van der Waals surface area contributed by atoms with Gasteiger partial charge in [0, 0.05) is 45.0 Å². The van der Waals surface area contributed by atoms with Gasteiger partial charge >= 0.3 is 12.1 Å². The van der Waals surface area contributed by atoms with Gasteiger partial charge in [0.25, 0.3) is 5.91 Å². The Kier molecular flexibility index (Phi) is 8.16. The second-order valence-electron chi connectivity index (χ2n) is 8.27. The zero-order valence-electron chi connectivity index (χ0n) is 18.5. The number of carbonyl (C=O) groups excluding carboxylic acids is 1. The lowest BCUT2D eigenvalue weighted by Crippen LogP contribution is -2.49. The summed E-state index contributed by atoms with van der Waals surface area (Å²) in [4.78, 5) is 40.0. The van der Waals surface area contributed by atoms with Crippen LogP contribution in [0.1, 0.15) is 44.5 Å². The number of aryl methyl sites for hydroxylation is 1. The van der Waals surface area contributed by atoms with Gasteiger partial charge in [0.2, 0.25) is 0 Å². The summed E-state index contributed by atoms with van der Waals surface area (Å²) in [5.41, 5.74) is 2.05. The number of halogens is 3. The van der Waals surface area contributed by atoms with Crippen molar-refractivity contribution in [1.82, 2.24) is 19.8 Å². The Hall–Kier alpha value is -2.76. The van der Waals surface area contributed by atoms with Gasteiger partial charge in [-0.15, -0.1) is 0 Å². The van der Waals surface area contributed by atoms with Crippen molar-refractivity contribution in [2.45, 2.75) is 64.4 Å². The Balaban J connectivity index is 0.000000451. The highest BCUT2D eigenvalue weighted by molar-refractivity contribution is 6.39. The number of hydrogen-bond acceptors (Lipinski definition) is 7. The Morgan fingerprint density at radius 1 is 1.34 bits per heavy atom. The summed E-state index contributed by atoms with van der Waals surface area (Å²) < 4.78 is 31.7. The first-order valence-electron chi connectivity index (χ1n) is 10.2. The van der Waals surface area contributed by atoms with Crippen LogP contribution >= 0.6 is 0 Å². The van der Waals surface area contributed by atoms with Crippen LogP contribution in [0.25, 0.3) is 0 Å². The van der Waals surface area contributed by atoms with Crippen LogP contribution in [-0.4, -0.2) is 80.4 Å². The largest absolute Gasteiger partial charge is 0.490 e. The van der Waals surface area contributed by atoms with Gasteiger partial charge in [-0.1, -0.05) is 5.16 Å². The molecule has 0 aromatic carbocycles. The Bertz CT molecular complexity index is 862. The fourth-order valence-corrected chi connectivity index (χ4v) is 3.44. The van der Waals surface area contributed by atoms with E-state index in [-0.39, 0.29) is 17.6 Å². The lowest BCUT2D eigenvalue weighted by molar-refractivity contribution is -0.192. The number of aliphatic carboxylic acids is 1. The van der Waals surface area contributed by atoms with E-state index in [9.17, 15) is 18.0 Å². The topological polar surface area (TPSA) is 108 Å². The van der Waals surface area contributed by atoms with E-state index >= 15 is 0 Å². The molecule has 1 amide bonds. The monoisotopic (exact) mass is 459 g/mol. The van der Waals surface area contributed by atoms with Crippen LogP contribution in [0.15, 0.2) is 17.5 Å². The summed E-state index contributed by atoms with van der Waals surface area (Å²) in [6, 6.07) is 0.148. The Labute approximate surface area is 184 Å². The molecule has 0 aliphatic carbocycles. The van der Waals surface area contributed by atoms with E-state index in [0.29, 0.717) is 12.1 Å². The van der Waals surface area contributed by atoms with E-state index in [4.69, 9.17) is 14.7 Å². The molecule has 3 heterocycles. The predicted molar refractivity (Wildman–Crippen MR) is 109 cm³/mol. The van der Waals surface area contributed by atoms with E-state index in [0.717, 1.165) is 43.9 Å². The highest BCUT2D eigenvalue weighted by atomic mass is 19.4. The van der Waals surface area contributed by atoms with Gasteiger partial charge in [-0.3, -0.25) is 19.7 Å². The van der Waals surface area contributed by atoms with Crippen molar-refractivity contribution in [2.24, 2.45) is 5.16 Å². The molecule has 0 radical (unpaired) electrons. The molecule has 1 aromatic heterocycles. The number of alkyl halides is 3. The highest BCUT2D eigenvalue weighted by Crippen LogP contribution is 2.34. The molecule has 2 aliphatic rings. The maximum absolute atomic E-state index is 12.5. The molecular formula is C20H28F3N5O4. The minimum Gasteiger partial charge on any atom is -0.475 e.